The molecule has 0 saturated heterocycles. The summed E-state index contributed by atoms with van der Waals surface area (Å²) < 4.78 is 7.51. The van der Waals surface area contributed by atoms with Crippen molar-refractivity contribution in [1.82, 2.24) is 4.57 Å². The summed E-state index contributed by atoms with van der Waals surface area (Å²) in [5, 5.41) is 0. The Bertz CT molecular complexity index is 847. The fourth-order valence-electron chi connectivity index (χ4n) is 4.05. The number of aromatic nitrogens is 1. The van der Waals surface area contributed by atoms with Gasteiger partial charge in [0.15, 0.2) is 0 Å². The zero-order chi connectivity index (χ0) is 19.6. The van der Waals surface area contributed by atoms with Crippen LogP contribution in [0.1, 0.15) is 78.8 Å². The summed E-state index contributed by atoms with van der Waals surface area (Å²) in [7, 11) is 0. The van der Waals surface area contributed by atoms with Crippen LogP contribution in [0, 0.1) is 6.92 Å². The number of carbonyl (C=O) groups excluding carboxylic acids is 2. The van der Waals surface area contributed by atoms with Crippen LogP contribution < -0.4 is 0 Å². The van der Waals surface area contributed by atoms with Gasteiger partial charge in [-0.15, -0.1) is 0 Å². The molecule has 2 heterocycles. The maximum atomic E-state index is 13.4. The lowest BCUT2D eigenvalue weighted by Gasteiger charge is -2.25. The third-order valence-electron chi connectivity index (χ3n) is 5.18. The molecule has 0 N–H and O–H groups in total. The van der Waals surface area contributed by atoms with Crippen LogP contribution in [0.2, 0.25) is 0 Å². The highest BCUT2D eigenvalue weighted by molar-refractivity contribution is 6.10. The minimum absolute atomic E-state index is 0.0562. The SMILES string of the molecule is CCCc1ccccc1C(=O)c1c(C)cc2n1CCCC2C(=O)OC(C)C. The molecule has 4 heteroatoms. The quantitative estimate of drug-likeness (QED) is 0.544. The van der Waals surface area contributed by atoms with E-state index in [0.717, 1.165) is 60.3 Å². The van der Waals surface area contributed by atoms with Crippen molar-refractivity contribution in [3.05, 3.63) is 58.4 Å². The third-order valence-corrected chi connectivity index (χ3v) is 5.18. The molecule has 1 aromatic heterocycles. The Hall–Kier alpha value is -2.36. The number of ketones is 1. The lowest BCUT2D eigenvalue weighted by atomic mass is 9.95. The summed E-state index contributed by atoms with van der Waals surface area (Å²) in [5.41, 5.74) is 4.43. The van der Waals surface area contributed by atoms with E-state index < -0.39 is 0 Å². The summed E-state index contributed by atoms with van der Waals surface area (Å²) in [6.07, 6.45) is 3.40. The predicted molar refractivity (Wildman–Crippen MR) is 106 cm³/mol. The van der Waals surface area contributed by atoms with Gasteiger partial charge in [0.05, 0.1) is 17.7 Å². The Morgan fingerprint density at radius 1 is 1.26 bits per heavy atom. The van der Waals surface area contributed by atoms with Gasteiger partial charge >= 0.3 is 5.97 Å². The van der Waals surface area contributed by atoms with Gasteiger partial charge in [-0.25, -0.2) is 0 Å². The Balaban J connectivity index is 2.01. The van der Waals surface area contributed by atoms with Gasteiger partial charge < -0.3 is 9.30 Å². The standard InChI is InChI=1S/C23H29NO3/c1-5-9-17-10-6-7-11-18(17)22(25)21-16(4)14-20-19(12-8-13-24(20)21)23(26)27-15(2)3/h6-7,10-11,14-15,19H,5,8-9,12-13H2,1-4H3. The first-order chi connectivity index (χ1) is 12.9. The lowest BCUT2D eigenvalue weighted by molar-refractivity contribution is -0.149. The van der Waals surface area contributed by atoms with Crippen molar-refractivity contribution in [1.29, 1.82) is 0 Å². The van der Waals surface area contributed by atoms with Gasteiger partial charge in [-0.1, -0.05) is 37.6 Å². The number of rotatable bonds is 6. The van der Waals surface area contributed by atoms with Crippen molar-refractivity contribution in [3.8, 4) is 0 Å². The molecule has 2 aromatic rings. The number of aryl methyl sites for hydroxylation is 2. The molecule has 1 aliphatic heterocycles. The Morgan fingerprint density at radius 2 is 2.00 bits per heavy atom. The number of nitrogens with zero attached hydrogens (tertiary/aromatic N) is 1. The zero-order valence-corrected chi connectivity index (χ0v) is 16.7. The van der Waals surface area contributed by atoms with Crippen LogP contribution in [0.3, 0.4) is 0 Å². The number of fused-ring (bicyclic) bond motifs is 1. The first-order valence-corrected chi connectivity index (χ1v) is 9.97. The monoisotopic (exact) mass is 367 g/mol. The maximum absolute atomic E-state index is 13.4. The smallest absolute Gasteiger partial charge is 0.315 e. The largest absolute Gasteiger partial charge is 0.462 e. The molecule has 144 valence electrons. The highest BCUT2D eigenvalue weighted by Crippen LogP contribution is 2.34. The highest BCUT2D eigenvalue weighted by atomic mass is 16.5. The average molecular weight is 367 g/mol. The third kappa shape index (κ3) is 3.85. The summed E-state index contributed by atoms with van der Waals surface area (Å²) in [5.74, 6) is -0.415. The Kier molecular flexibility index (Phi) is 5.83. The summed E-state index contributed by atoms with van der Waals surface area (Å²) in [6, 6.07) is 9.86. The van der Waals surface area contributed by atoms with E-state index in [1.807, 2.05) is 51.1 Å². The minimum Gasteiger partial charge on any atom is -0.462 e. The van der Waals surface area contributed by atoms with Gasteiger partial charge in [0, 0.05) is 17.8 Å². The van der Waals surface area contributed by atoms with E-state index in [4.69, 9.17) is 4.74 Å². The molecule has 0 radical (unpaired) electrons. The van der Waals surface area contributed by atoms with Crippen LogP contribution in [-0.2, 0) is 22.5 Å². The maximum Gasteiger partial charge on any atom is 0.315 e. The van der Waals surface area contributed by atoms with Crippen LogP contribution in [0.5, 0.6) is 0 Å². The van der Waals surface area contributed by atoms with Crippen LogP contribution in [-0.4, -0.2) is 22.4 Å². The first-order valence-electron chi connectivity index (χ1n) is 9.97. The molecule has 1 aliphatic rings. The molecule has 0 fully saturated rings. The van der Waals surface area contributed by atoms with Crippen molar-refractivity contribution in [2.24, 2.45) is 0 Å². The minimum atomic E-state index is -0.285. The van der Waals surface area contributed by atoms with Crippen LogP contribution >= 0.6 is 0 Å². The topological polar surface area (TPSA) is 48.3 Å². The average Bonchev–Trinajstić information content (AvgIpc) is 2.97. The van der Waals surface area contributed by atoms with Crippen molar-refractivity contribution < 1.29 is 14.3 Å². The molecule has 0 bridgehead atoms. The molecule has 3 rings (SSSR count). The van der Waals surface area contributed by atoms with E-state index in [1.54, 1.807) is 0 Å². The molecule has 1 atom stereocenters. The van der Waals surface area contributed by atoms with Gasteiger partial charge in [0.2, 0.25) is 5.78 Å². The molecule has 0 spiro atoms. The van der Waals surface area contributed by atoms with Crippen molar-refractivity contribution in [2.75, 3.05) is 0 Å². The van der Waals surface area contributed by atoms with Crippen LogP contribution in [0.4, 0.5) is 0 Å². The van der Waals surface area contributed by atoms with Gasteiger partial charge in [-0.05, 0) is 57.2 Å². The number of hydrogen-bond acceptors (Lipinski definition) is 3. The summed E-state index contributed by atoms with van der Waals surface area (Å²) >= 11 is 0. The van der Waals surface area contributed by atoms with Crippen molar-refractivity contribution in [2.45, 2.75) is 71.9 Å². The fourth-order valence-corrected chi connectivity index (χ4v) is 4.05. The van der Waals surface area contributed by atoms with E-state index in [-0.39, 0.29) is 23.8 Å². The Morgan fingerprint density at radius 3 is 2.70 bits per heavy atom. The molecular formula is C23H29NO3. The predicted octanol–water partition coefficient (Wildman–Crippen LogP) is 4.81. The fraction of sp³-hybridized carbons (Fsp3) is 0.478. The number of esters is 1. The summed E-state index contributed by atoms with van der Waals surface area (Å²) in [4.78, 5) is 26.0. The summed E-state index contributed by atoms with van der Waals surface area (Å²) in [6.45, 7) is 8.59. The molecule has 27 heavy (non-hydrogen) atoms. The second kappa shape index (κ2) is 8.12. The van der Waals surface area contributed by atoms with E-state index in [1.165, 1.54) is 0 Å². The van der Waals surface area contributed by atoms with Gasteiger partial charge in [-0.2, -0.15) is 0 Å². The molecule has 4 nitrogen and oxygen atoms in total. The van der Waals surface area contributed by atoms with E-state index >= 15 is 0 Å². The molecule has 0 amide bonds. The molecule has 0 saturated carbocycles. The highest BCUT2D eigenvalue weighted by Gasteiger charge is 2.33. The van der Waals surface area contributed by atoms with Crippen molar-refractivity contribution >= 4 is 11.8 Å². The van der Waals surface area contributed by atoms with E-state index in [2.05, 4.69) is 11.5 Å². The van der Waals surface area contributed by atoms with Crippen LogP contribution in [0.15, 0.2) is 30.3 Å². The number of carbonyl (C=O) groups is 2. The van der Waals surface area contributed by atoms with E-state index in [0.29, 0.717) is 0 Å². The van der Waals surface area contributed by atoms with Crippen molar-refractivity contribution in [3.63, 3.8) is 0 Å². The molecular weight excluding hydrogens is 338 g/mol. The van der Waals surface area contributed by atoms with Crippen LogP contribution in [0.25, 0.3) is 0 Å². The molecule has 0 aliphatic carbocycles. The van der Waals surface area contributed by atoms with Gasteiger partial charge in [-0.3, -0.25) is 9.59 Å². The Labute approximate surface area is 161 Å². The second-order valence-electron chi connectivity index (χ2n) is 7.67. The number of benzene rings is 1. The zero-order valence-electron chi connectivity index (χ0n) is 16.7. The molecule has 1 unspecified atom stereocenters. The normalized spacial score (nSPS) is 16.3. The first kappa shape index (κ1) is 19.4. The van der Waals surface area contributed by atoms with E-state index in [9.17, 15) is 9.59 Å². The van der Waals surface area contributed by atoms with Gasteiger partial charge in [0.1, 0.15) is 0 Å². The number of hydrogen-bond donors (Lipinski definition) is 0. The molecule has 1 aromatic carbocycles. The number of ether oxygens (including phenoxy) is 1. The van der Waals surface area contributed by atoms with Gasteiger partial charge in [0.25, 0.3) is 0 Å². The lowest BCUT2D eigenvalue weighted by Crippen LogP contribution is -2.27. The second-order valence-corrected chi connectivity index (χ2v) is 7.67.